The number of likely N-dealkylation sites (tertiary alicyclic amines) is 1. The third-order valence-corrected chi connectivity index (χ3v) is 5.72. The Morgan fingerprint density at radius 1 is 1.13 bits per heavy atom. The van der Waals surface area contributed by atoms with E-state index in [1.807, 2.05) is 12.1 Å². The second-order valence-electron chi connectivity index (χ2n) is 6.39. The molecular formula is C17H23Cl3N2O. The Morgan fingerprint density at radius 2 is 1.78 bits per heavy atom. The highest BCUT2D eigenvalue weighted by molar-refractivity contribution is 6.42. The van der Waals surface area contributed by atoms with Crippen LogP contribution in [0.5, 0.6) is 0 Å². The van der Waals surface area contributed by atoms with Crippen LogP contribution in [-0.2, 0) is 11.2 Å². The Hall–Kier alpha value is -0.480. The summed E-state index contributed by atoms with van der Waals surface area (Å²) in [4.78, 5) is 14.5. The number of hydrogen-bond acceptors (Lipinski definition) is 2. The minimum atomic E-state index is 0. The van der Waals surface area contributed by atoms with Crippen molar-refractivity contribution in [2.24, 2.45) is 11.8 Å². The average Bonchev–Trinajstić information content (AvgIpc) is 2.87. The summed E-state index contributed by atoms with van der Waals surface area (Å²) in [5, 5.41) is 4.58. The minimum Gasteiger partial charge on any atom is -0.343 e. The molecule has 2 heterocycles. The number of nitrogens with zero attached hydrogens (tertiary/aromatic N) is 1. The fourth-order valence-electron chi connectivity index (χ4n) is 3.57. The molecule has 0 aliphatic carbocycles. The second-order valence-corrected chi connectivity index (χ2v) is 7.20. The number of halogens is 3. The largest absolute Gasteiger partial charge is 0.343 e. The molecule has 0 bridgehead atoms. The van der Waals surface area contributed by atoms with Crippen molar-refractivity contribution in [1.29, 1.82) is 0 Å². The number of benzene rings is 1. The van der Waals surface area contributed by atoms with Crippen molar-refractivity contribution in [2.45, 2.75) is 25.7 Å². The van der Waals surface area contributed by atoms with E-state index in [2.05, 4.69) is 10.2 Å². The first-order chi connectivity index (χ1) is 10.6. The molecule has 0 saturated carbocycles. The van der Waals surface area contributed by atoms with Gasteiger partial charge >= 0.3 is 0 Å². The van der Waals surface area contributed by atoms with E-state index < -0.39 is 0 Å². The van der Waals surface area contributed by atoms with Crippen LogP contribution >= 0.6 is 35.6 Å². The van der Waals surface area contributed by atoms with Crippen molar-refractivity contribution in [3.05, 3.63) is 33.8 Å². The maximum absolute atomic E-state index is 12.4. The second kappa shape index (κ2) is 8.57. The predicted octanol–water partition coefficient (Wildman–Crippen LogP) is 3.81. The zero-order chi connectivity index (χ0) is 15.5. The third-order valence-electron chi connectivity index (χ3n) is 4.98. The van der Waals surface area contributed by atoms with Crippen LogP contribution < -0.4 is 5.32 Å². The van der Waals surface area contributed by atoms with Gasteiger partial charge in [-0.2, -0.15) is 0 Å². The molecule has 0 unspecified atom stereocenters. The number of nitrogens with one attached hydrogen (secondary N) is 1. The van der Waals surface area contributed by atoms with E-state index in [1.165, 1.54) is 0 Å². The fourth-order valence-corrected chi connectivity index (χ4v) is 3.89. The standard InChI is InChI=1S/C17H22Cl2N2O.ClH/c18-15-3-1-12(9-16(15)19)2-4-17(22)21-7-5-13-10-20-11-14(13)6-8-21;/h1,3,9,13-14,20H,2,4-8,10-11H2;1H/t13-,14+;. The van der Waals surface area contributed by atoms with Crippen LogP contribution in [0.3, 0.4) is 0 Å². The van der Waals surface area contributed by atoms with Gasteiger partial charge in [0.2, 0.25) is 5.91 Å². The van der Waals surface area contributed by atoms with E-state index >= 15 is 0 Å². The minimum absolute atomic E-state index is 0. The summed E-state index contributed by atoms with van der Waals surface area (Å²) >= 11 is 11.9. The van der Waals surface area contributed by atoms with Gasteiger partial charge in [0.1, 0.15) is 0 Å². The number of hydrogen-bond donors (Lipinski definition) is 1. The molecule has 1 aromatic carbocycles. The smallest absolute Gasteiger partial charge is 0.222 e. The Morgan fingerprint density at radius 3 is 2.39 bits per heavy atom. The van der Waals surface area contributed by atoms with Crippen molar-refractivity contribution in [3.8, 4) is 0 Å². The molecule has 2 aliphatic heterocycles. The SMILES string of the molecule is Cl.O=C(CCc1ccc(Cl)c(Cl)c1)N1CC[C@@H]2CNC[C@@H]2CC1. The molecule has 0 spiro atoms. The first kappa shape index (κ1) is 18.9. The molecule has 1 aromatic rings. The molecule has 2 atom stereocenters. The van der Waals surface area contributed by atoms with E-state index in [-0.39, 0.29) is 18.3 Å². The van der Waals surface area contributed by atoms with Crippen LogP contribution in [0.15, 0.2) is 18.2 Å². The van der Waals surface area contributed by atoms with Crippen molar-refractivity contribution in [1.82, 2.24) is 10.2 Å². The Bertz CT molecular complexity index is 539. The molecule has 1 N–H and O–H groups in total. The number of aryl methyl sites for hydroxylation is 1. The molecule has 2 fully saturated rings. The Labute approximate surface area is 154 Å². The molecule has 1 amide bonds. The third kappa shape index (κ3) is 4.76. The van der Waals surface area contributed by atoms with Gasteiger partial charge in [0.25, 0.3) is 0 Å². The lowest BCUT2D eigenvalue weighted by molar-refractivity contribution is -0.131. The molecule has 6 heteroatoms. The number of fused-ring (bicyclic) bond motifs is 1. The van der Waals surface area contributed by atoms with E-state index in [4.69, 9.17) is 23.2 Å². The van der Waals surface area contributed by atoms with Crippen molar-refractivity contribution in [2.75, 3.05) is 26.2 Å². The molecule has 23 heavy (non-hydrogen) atoms. The number of rotatable bonds is 3. The van der Waals surface area contributed by atoms with Gasteiger partial charge in [-0.3, -0.25) is 4.79 Å². The number of carbonyl (C=O) groups is 1. The van der Waals surface area contributed by atoms with Gasteiger partial charge in [-0.25, -0.2) is 0 Å². The highest BCUT2D eigenvalue weighted by Crippen LogP contribution is 2.27. The van der Waals surface area contributed by atoms with Crippen LogP contribution in [0, 0.1) is 11.8 Å². The van der Waals surface area contributed by atoms with E-state index in [0.29, 0.717) is 16.5 Å². The monoisotopic (exact) mass is 376 g/mol. The summed E-state index contributed by atoms with van der Waals surface area (Å²) in [7, 11) is 0. The molecule has 128 valence electrons. The van der Waals surface area contributed by atoms with Gasteiger partial charge < -0.3 is 10.2 Å². The van der Waals surface area contributed by atoms with Gasteiger partial charge in [-0.1, -0.05) is 29.3 Å². The maximum Gasteiger partial charge on any atom is 0.222 e. The lowest BCUT2D eigenvalue weighted by Crippen LogP contribution is -2.32. The summed E-state index contributed by atoms with van der Waals surface area (Å²) in [6, 6.07) is 5.60. The molecule has 2 saturated heterocycles. The summed E-state index contributed by atoms with van der Waals surface area (Å²) in [6.07, 6.45) is 3.54. The molecular weight excluding hydrogens is 355 g/mol. The molecule has 3 nitrogen and oxygen atoms in total. The van der Waals surface area contributed by atoms with Crippen molar-refractivity contribution >= 4 is 41.5 Å². The van der Waals surface area contributed by atoms with Crippen molar-refractivity contribution < 1.29 is 4.79 Å². The van der Waals surface area contributed by atoms with E-state index in [9.17, 15) is 4.79 Å². The first-order valence-corrected chi connectivity index (χ1v) is 8.81. The van der Waals surface area contributed by atoms with Crippen molar-refractivity contribution in [3.63, 3.8) is 0 Å². The highest BCUT2D eigenvalue weighted by Gasteiger charge is 2.31. The fraction of sp³-hybridized carbons (Fsp3) is 0.588. The maximum atomic E-state index is 12.4. The summed E-state index contributed by atoms with van der Waals surface area (Å²) in [5.41, 5.74) is 1.07. The Balaban J connectivity index is 0.00000192. The molecule has 2 aliphatic rings. The first-order valence-electron chi connectivity index (χ1n) is 8.06. The molecule has 3 rings (SSSR count). The van der Waals surface area contributed by atoms with Gasteiger partial charge in [0.15, 0.2) is 0 Å². The quantitative estimate of drug-likeness (QED) is 0.869. The Kier molecular flexibility index (Phi) is 7.02. The van der Waals surface area contributed by atoms with Gasteiger partial charge in [0.05, 0.1) is 10.0 Å². The number of amides is 1. The van der Waals surface area contributed by atoms with Crippen LogP contribution in [0.1, 0.15) is 24.8 Å². The normalized spacial score (nSPS) is 23.8. The predicted molar refractivity (Wildman–Crippen MR) is 97.7 cm³/mol. The molecule has 0 radical (unpaired) electrons. The highest BCUT2D eigenvalue weighted by atomic mass is 35.5. The zero-order valence-electron chi connectivity index (χ0n) is 13.1. The van der Waals surface area contributed by atoms with Crippen LogP contribution in [-0.4, -0.2) is 37.0 Å². The van der Waals surface area contributed by atoms with Gasteiger partial charge in [-0.15, -0.1) is 12.4 Å². The van der Waals surface area contributed by atoms with Crippen LogP contribution in [0.2, 0.25) is 10.0 Å². The lowest BCUT2D eigenvalue weighted by atomic mass is 9.92. The lowest BCUT2D eigenvalue weighted by Gasteiger charge is -2.21. The van der Waals surface area contributed by atoms with Gasteiger partial charge in [-0.05, 0) is 61.9 Å². The average molecular weight is 378 g/mol. The summed E-state index contributed by atoms with van der Waals surface area (Å²) in [6.45, 7) is 4.05. The van der Waals surface area contributed by atoms with Gasteiger partial charge in [0, 0.05) is 19.5 Å². The summed E-state index contributed by atoms with van der Waals surface area (Å²) < 4.78 is 0. The molecule has 0 aromatic heterocycles. The van der Waals surface area contributed by atoms with Crippen LogP contribution in [0.25, 0.3) is 0 Å². The number of carbonyl (C=O) groups excluding carboxylic acids is 1. The van der Waals surface area contributed by atoms with Crippen LogP contribution in [0.4, 0.5) is 0 Å². The van der Waals surface area contributed by atoms with E-state index in [0.717, 1.165) is 62.8 Å². The van der Waals surface area contributed by atoms with E-state index in [1.54, 1.807) is 6.07 Å². The zero-order valence-corrected chi connectivity index (χ0v) is 15.4. The topological polar surface area (TPSA) is 32.3 Å². The summed E-state index contributed by atoms with van der Waals surface area (Å²) in [5.74, 6) is 1.78.